The van der Waals surface area contributed by atoms with E-state index in [4.69, 9.17) is 15.2 Å². The Hall–Kier alpha value is -1.98. The second kappa shape index (κ2) is 5.77. The number of carbonyl (C=O) groups is 1. The minimum Gasteiger partial charge on any atom is -0.382 e. The smallest absolute Gasteiger partial charge is 0.249 e. The van der Waals surface area contributed by atoms with Gasteiger partial charge in [0, 0.05) is 25.8 Å². The van der Waals surface area contributed by atoms with Gasteiger partial charge in [0.05, 0.1) is 17.7 Å². The first kappa shape index (κ1) is 13.5. The molecule has 0 aliphatic rings. The number of amides is 1. The third kappa shape index (κ3) is 2.72. The molecule has 0 fully saturated rings. The molecule has 100 valence electrons. The van der Waals surface area contributed by atoms with Gasteiger partial charge in [0.25, 0.3) is 0 Å². The van der Waals surface area contributed by atoms with E-state index in [-0.39, 0.29) is 6.10 Å². The number of methoxy groups -OCH3 is 2. The van der Waals surface area contributed by atoms with Crippen molar-refractivity contribution in [3.8, 4) is 0 Å². The Labute approximate surface area is 111 Å². The summed E-state index contributed by atoms with van der Waals surface area (Å²) < 4.78 is 10.5. The normalized spacial score (nSPS) is 12.5. The fraction of sp³-hybridized carbons (Fsp3) is 0.286. The predicted molar refractivity (Wildman–Crippen MR) is 71.9 cm³/mol. The quantitative estimate of drug-likeness (QED) is 0.887. The fourth-order valence-electron chi connectivity index (χ4n) is 2.03. The Bertz CT molecular complexity index is 598. The maximum Gasteiger partial charge on any atom is 0.249 e. The zero-order valence-electron chi connectivity index (χ0n) is 10.9. The minimum absolute atomic E-state index is 0.185. The van der Waals surface area contributed by atoms with Crippen molar-refractivity contribution in [2.24, 2.45) is 5.73 Å². The van der Waals surface area contributed by atoms with Gasteiger partial charge in [0.15, 0.2) is 0 Å². The SMILES string of the molecule is COCC(OC)c1ccc2nccc(C(N)=O)c2c1. The first-order chi connectivity index (χ1) is 9.17. The van der Waals surface area contributed by atoms with Crippen molar-refractivity contribution in [2.75, 3.05) is 20.8 Å². The first-order valence-corrected chi connectivity index (χ1v) is 5.87. The van der Waals surface area contributed by atoms with Crippen LogP contribution in [0.4, 0.5) is 0 Å². The second-order valence-electron chi connectivity index (χ2n) is 4.18. The lowest BCUT2D eigenvalue weighted by Gasteiger charge is -2.15. The fourth-order valence-corrected chi connectivity index (χ4v) is 2.03. The van der Waals surface area contributed by atoms with Gasteiger partial charge in [0.2, 0.25) is 5.91 Å². The number of hydrogen-bond donors (Lipinski definition) is 1. The van der Waals surface area contributed by atoms with Gasteiger partial charge in [-0.3, -0.25) is 9.78 Å². The Kier molecular flexibility index (Phi) is 4.09. The molecule has 1 aromatic carbocycles. The highest BCUT2D eigenvalue weighted by Crippen LogP contribution is 2.23. The highest BCUT2D eigenvalue weighted by Gasteiger charge is 2.13. The third-order valence-corrected chi connectivity index (χ3v) is 3.01. The van der Waals surface area contributed by atoms with Gasteiger partial charge in [-0.1, -0.05) is 6.07 Å². The van der Waals surface area contributed by atoms with Crippen LogP contribution < -0.4 is 5.73 Å². The number of aromatic nitrogens is 1. The van der Waals surface area contributed by atoms with Crippen molar-refractivity contribution in [1.82, 2.24) is 4.98 Å². The van der Waals surface area contributed by atoms with Crippen LogP contribution in [0.15, 0.2) is 30.5 Å². The lowest BCUT2D eigenvalue weighted by molar-refractivity contribution is 0.0275. The summed E-state index contributed by atoms with van der Waals surface area (Å²) in [6.45, 7) is 0.439. The number of nitrogens with zero attached hydrogens (tertiary/aromatic N) is 1. The van der Waals surface area contributed by atoms with Crippen LogP contribution in [0.2, 0.25) is 0 Å². The monoisotopic (exact) mass is 260 g/mol. The molecule has 19 heavy (non-hydrogen) atoms. The van der Waals surface area contributed by atoms with E-state index in [0.29, 0.717) is 12.2 Å². The van der Waals surface area contributed by atoms with Crippen LogP contribution >= 0.6 is 0 Å². The van der Waals surface area contributed by atoms with Crippen molar-refractivity contribution >= 4 is 16.8 Å². The summed E-state index contributed by atoms with van der Waals surface area (Å²) in [6.07, 6.45) is 1.39. The standard InChI is InChI=1S/C14H16N2O3/c1-18-8-13(19-2)9-3-4-12-11(7-9)10(14(15)17)5-6-16-12/h3-7,13H,8H2,1-2H3,(H2,15,17). The van der Waals surface area contributed by atoms with Crippen molar-refractivity contribution in [1.29, 1.82) is 0 Å². The van der Waals surface area contributed by atoms with E-state index in [0.717, 1.165) is 16.5 Å². The van der Waals surface area contributed by atoms with Crippen LogP contribution in [0.5, 0.6) is 0 Å². The highest BCUT2D eigenvalue weighted by molar-refractivity contribution is 6.05. The van der Waals surface area contributed by atoms with Crippen molar-refractivity contribution in [3.63, 3.8) is 0 Å². The molecule has 2 aromatic rings. The zero-order valence-corrected chi connectivity index (χ0v) is 10.9. The van der Waals surface area contributed by atoms with Gasteiger partial charge in [-0.2, -0.15) is 0 Å². The van der Waals surface area contributed by atoms with E-state index in [1.165, 1.54) is 0 Å². The molecule has 0 saturated carbocycles. The summed E-state index contributed by atoms with van der Waals surface area (Å²) in [5, 5.41) is 0.727. The summed E-state index contributed by atoms with van der Waals surface area (Å²) in [5.74, 6) is -0.467. The number of hydrogen-bond acceptors (Lipinski definition) is 4. The summed E-state index contributed by atoms with van der Waals surface area (Å²) in [6, 6.07) is 7.24. The molecule has 2 N–H and O–H groups in total. The minimum atomic E-state index is -0.467. The maximum atomic E-state index is 11.4. The van der Waals surface area contributed by atoms with Gasteiger partial charge in [-0.05, 0) is 23.8 Å². The van der Waals surface area contributed by atoms with E-state index in [2.05, 4.69) is 4.98 Å². The molecule has 1 amide bonds. The molecule has 0 radical (unpaired) electrons. The number of primary amides is 1. The Morgan fingerprint density at radius 3 is 2.79 bits per heavy atom. The molecule has 0 saturated heterocycles. The predicted octanol–water partition coefficient (Wildman–Crippen LogP) is 1.67. The lowest BCUT2D eigenvalue weighted by Crippen LogP contribution is -2.12. The molecule has 1 aromatic heterocycles. The Morgan fingerprint density at radius 2 is 2.16 bits per heavy atom. The second-order valence-corrected chi connectivity index (χ2v) is 4.18. The Morgan fingerprint density at radius 1 is 1.37 bits per heavy atom. The summed E-state index contributed by atoms with van der Waals surface area (Å²) >= 11 is 0. The van der Waals surface area contributed by atoms with Crippen LogP contribution in [0, 0.1) is 0 Å². The highest BCUT2D eigenvalue weighted by atomic mass is 16.5. The lowest BCUT2D eigenvalue weighted by atomic mass is 10.0. The van der Waals surface area contributed by atoms with E-state index in [1.54, 1.807) is 26.5 Å². The van der Waals surface area contributed by atoms with Crippen molar-refractivity contribution in [2.45, 2.75) is 6.10 Å². The number of benzene rings is 1. The van der Waals surface area contributed by atoms with Gasteiger partial charge >= 0.3 is 0 Å². The molecule has 5 heteroatoms. The van der Waals surface area contributed by atoms with Crippen LogP contribution in [0.1, 0.15) is 22.0 Å². The topological polar surface area (TPSA) is 74.4 Å². The third-order valence-electron chi connectivity index (χ3n) is 3.01. The molecular formula is C14H16N2O3. The number of carbonyl (C=O) groups excluding carboxylic acids is 1. The van der Waals surface area contributed by atoms with Crippen LogP contribution in [0.3, 0.4) is 0 Å². The first-order valence-electron chi connectivity index (χ1n) is 5.87. The average Bonchev–Trinajstić information content (AvgIpc) is 2.43. The van der Waals surface area contributed by atoms with Gasteiger partial charge < -0.3 is 15.2 Å². The summed E-state index contributed by atoms with van der Waals surface area (Å²) in [7, 11) is 3.23. The van der Waals surface area contributed by atoms with Gasteiger partial charge in [-0.25, -0.2) is 0 Å². The molecule has 0 aliphatic heterocycles. The Balaban J connectivity index is 2.54. The maximum absolute atomic E-state index is 11.4. The molecular weight excluding hydrogens is 244 g/mol. The summed E-state index contributed by atoms with van der Waals surface area (Å²) in [4.78, 5) is 15.6. The number of ether oxygens (including phenoxy) is 2. The number of rotatable bonds is 5. The van der Waals surface area contributed by atoms with Gasteiger partial charge in [-0.15, -0.1) is 0 Å². The number of nitrogens with two attached hydrogens (primary N) is 1. The van der Waals surface area contributed by atoms with E-state index < -0.39 is 5.91 Å². The summed E-state index contributed by atoms with van der Waals surface area (Å²) in [5.41, 5.74) is 7.48. The van der Waals surface area contributed by atoms with E-state index in [9.17, 15) is 4.79 Å². The number of pyridine rings is 1. The molecule has 5 nitrogen and oxygen atoms in total. The largest absolute Gasteiger partial charge is 0.382 e. The molecule has 1 heterocycles. The van der Waals surface area contributed by atoms with Crippen molar-refractivity contribution in [3.05, 3.63) is 41.6 Å². The van der Waals surface area contributed by atoms with E-state index >= 15 is 0 Å². The van der Waals surface area contributed by atoms with Gasteiger partial charge in [0.1, 0.15) is 6.10 Å². The van der Waals surface area contributed by atoms with Crippen LogP contribution in [-0.4, -0.2) is 31.7 Å². The average molecular weight is 260 g/mol. The van der Waals surface area contributed by atoms with Crippen LogP contribution in [0.25, 0.3) is 10.9 Å². The van der Waals surface area contributed by atoms with Crippen molar-refractivity contribution < 1.29 is 14.3 Å². The van der Waals surface area contributed by atoms with E-state index in [1.807, 2.05) is 18.2 Å². The molecule has 0 aliphatic carbocycles. The zero-order chi connectivity index (χ0) is 13.8. The molecule has 2 rings (SSSR count). The molecule has 0 bridgehead atoms. The van der Waals surface area contributed by atoms with Crippen LogP contribution in [-0.2, 0) is 9.47 Å². The molecule has 1 atom stereocenters. The number of fused-ring (bicyclic) bond motifs is 1. The molecule has 0 spiro atoms. The molecule has 1 unspecified atom stereocenters.